The molecule has 0 N–H and O–H groups in total. The number of hydrazone groups is 1. The number of hydrogen-bond donors (Lipinski definition) is 0. The van der Waals surface area contributed by atoms with E-state index in [1.807, 2.05) is 12.1 Å². The standard InChI is InChI=1S/C25H30FN3O3/c1-17-10-12-28(13-11-17)16-25(30)29-23(20-9-8-18(31-2)14-24(20)32-3)15-22(27-29)19-6-4-5-7-21(19)26/h4-9,14,17,23H,10-13,15-16H2,1-3H3/t23-/m0/s1. The van der Waals surface area contributed by atoms with Crippen LogP contribution in [0.2, 0.25) is 0 Å². The lowest BCUT2D eigenvalue weighted by Gasteiger charge is -2.31. The lowest BCUT2D eigenvalue weighted by atomic mass is 9.97. The van der Waals surface area contributed by atoms with Gasteiger partial charge >= 0.3 is 0 Å². The number of ether oxygens (including phenoxy) is 2. The minimum Gasteiger partial charge on any atom is -0.497 e. The van der Waals surface area contributed by atoms with Crippen molar-refractivity contribution in [2.24, 2.45) is 11.0 Å². The van der Waals surface area contributed by atoms with Crippen molar-refractivity contribution >= 4 is 11.6 Å². The van der Waals surface area contributed by atoms with Gasteiger partial charge in [0.15, 0.2) is 0 Å². The van der Waals surface area contributed by atoms with Gasteiger partial charge in [0.1, 0.15) is 17.3 Å². The van der Waals surface area contributed by atoms with Crippen molar-refractivity contribution in [3.05, 3.63) is 59.4 Å². The third kappa shape index (κ3) is 4.63. The van der Waals surface area contributed by atoms with Gasteiger partial charge in [-0.25, -0.2) is 9.40 Å². The van der Waals surface area contributed by atoms with Crippen LogP contribution in [0.3, 0.4) is 0 Å². The van der Waals surface area contributed by atoms with Gasteiger partial charge < -0.3 is 9.47 Å². The molecule has 0 unspecified atom stereocenters. The van der Waals surface area contributed by atoms with Gasteiger partial charge in [0.2, 0.25) is 0 Å². The number of carbonyl (C=O) groups excluding carboxylic acids is 1. The molecule has 2 aromatic rings. The second-order valence-electron chi connectivity index (χ2n) is 8.55. The SMILES string of the molecule is COc1ccc([C@@H]2CC(c3ccccc3F)=NN2C(=O)CN2CCC(C)CC2)c(OC)c1. The summed E-state index contributed by atoms with van der Waals surface area (Å²) in [6.45, 7) is 4.36. The largest absolute Gasteiger partial charge is 0.497 e. The summed E-state index contributed by atoms with van der Waals surface area (Å²) in [7, 11) is 3.19. The van der Waals surface area contributed by atoms with Crippen LogP contribution in [0.5, 0.6) is 11.5 Å². The maximum atomic E-state index is 14.5. The topological polar surface area (TPSA) is 54.4 Å². The summed E-state index contributed by atoms with van der Waals surface area (Å²) >= 11 is 0. The second kappa shape index (κ2) is 9.69. The van der Waals surface area contributed by atoms with Crippen molar-refractivity contribution in [2.75, 3.05) is 33.9 Å². The molecule has 0 radical (unpaired) electrons. The molecule has 4 rings (SSSR count). The number of carbonyl (C=O) groups is 1. The number of benzene rings is 2. The van der Waals surface area contributed by atoms with Crippen LogP contribution in [-0.4, -0.2) is 55.4 Å². The van der Waals surface area contributed by atoms with Gasteiger partial charge in [0.05, 0.1) is 32.5 Å². The van der Waals surface area contributed by atoms with Crippen molar-refractivity contribution in [1.82, 2.24) is 9.91 Å². The minimum absolute atomic E-state index is 0.0891. The van der Waals surface area contributed by atoms with Gasteiger partial charge in [-0.3, -0.25) is 9.69 Å². The smallest absolute Gasteiger partial charge is 0.257 e. The molecule has 0 aliphatic carbocycles. The number of piperidine rings is 1. The van der Waals surface area contributed by atoms with Crippen LogP contribution in [0, 0.1) is 11.7 Å². The summed E-state index contributed by atoms with van der Waals surface area (Å²) in [4.78, 5) is 15.6. The first kappa shape index (κ1) is 22.3. The average Bonchev–Trinajstić information content (AvgIpc) is 3.25. The quantitative estimate of drug-likeness (QED) is 0.675. The highest BCUT2D eigenvalue weighted by Gasteiger charge is 2.36. The number of methoxy groups -OCH3 is 2. The molecule has 2 aliphatic rings. The number of nitrogens with zero attached hydrogens (tertiary/aromatic N) is 3. The Morgan fingerprint density at radius 2 is 1.88 bits per heavy atom. The van der Waals surface area contributed by atoms with Crippen LogP contribution in [0.15, 0.2) is 47.6 Å². The van der Waals surface area contributed by atoms with E-state index in [9.17, 15) is 9.18 Å². The zero-order valence-corrected chi connectivity index (χ0v) is 18.9. The first-order valence-corrected chi connectivity index (χ1v) is 11.1. The molecule has 0 aromatic heterocycles. The van der Waals surface area contributed by atoms with Gasteiger partial charge in [0.25, 0.3) is 5.91 Å². The summed E-state index contributed by atoms with van der Waals surface area (Å²) < 4.78 is 25.4. The molecule has 1 amide bonds. The first-order valence-electron chi connectivity index (χ1n) is 11.1. The van der Waals surface area contributed by atoms with E-state index in [-0.39, 0.29) is 17.8 Å². The zero-order valence-electron chi connectivity index (χ0n) is 18.9. The Bertz CT molecular complexity index is 1000. The molecule has 7 heteroatoms. The van der Waals surface area contributed by atoms with E-state index in [0.29, 0.717) is 41.7 Å². The van der Waals surface area contributed by atoms with E-state index in [0.717, 1.165) is 31.5 Å². The molecule has 2 aliphatic heterocycles. The maximum absolute atomic E-state index is 14.5. The number of rotatable bonds is 6. The Hall–Kier alpha value is -2.93. The van der Waals surface area contributed by atoms with E-state index >= 15 is 0 Å². The highest BCUT2D eigenvalue weighted by Crippen LogP contribution is 2.39. The Morgan fingerprint density at radius 3 is 2.56 bits per heavy atom. The zero-order chi connectivity index (χ0) is 22.7. The van der Waals surface area contributed by atoms with E-state index in [2.05, 4.69) is 16.9 Å². The van der Waals surface area contributed by atoms with Crippen LogP contribution in [-0.2, 0) is 4.79 Å². The fraction of sp³-hybridized carbons (Fsp3) is 0.440. The summed E-state index contributed by atoms with van der Waals surface area (Å²) in [5.74, 6) is 1.54. The Labute approximate surface area is 188 Å². The van der Waals surface area contributed by atoms with Gasteiger partial charge in [-0.1, -0.05) is 25.1 Å². The molecule has 0 saturated carbocycles. The van der Waals surface area contributed by atoms with Crippen molar-refractivity contribution in [3.63, 3.8) is 0 Å². The van der Waals surface area contributed by atoms with E-state index < -0.39 is 0 Å². The molecule has 1 fully saturated rings. The molecule has 1 saturated heterocycles. The van der Waals surface area contributed by atoms with Crippen LogP contribution < -0.4 is 9.47 Å². The fourth-order valence-corrected chi connectivity index (χ4v) is 4.42. The van der Waals surface area contributed by atoms with Gasteiger partial charge in [-0.15, -0.1) is 0 Å². The molecule has 6 nitrogen and oxygen atoms in total. The average molecular weight is 440 g/mol. The summed E-state index contributed by atoms with van der Waals surface area (Å²) in [5, 5.41) is 6.14. The van der Waals surface area contributed by atoms with Crippen molar-refractivity contribution in [1.29, 1.82) is 0 Å². The maximum Gasteiger partial charge on any atom is 0.257 e. The summed E-state index contributed by atoms with van der Waals surface area (Å²) in [6, 6.07) is 11.7. The number of hydrogen-bond acceptors (Lipinski definition) is 5. The molecule has 32 heavy (non-hydrogen) atoms. The molecule has 0 bridgehead atoms. The molecular weight excluding hydrogens is 409 g/mol. The summed E-state index contributed by atoms with van der Waals surface area (Å²) in [5.41, 5.74) is 1.81. The lowest BCUT2D eigenvalue weighted by molar-refractivity contribution is -0.134. The van der Waals surface area contributed by atoms with Crippen LogP contribution in [0.1, 0.15) is 43.4 Å². The van der Waals surface area contributed by atoms with Crippen LogP contribution >= 0.6 is 0 Å². The van der Waals surface area contributed by atoms with E-state index in [1.165, 1.54) is 11.1 Å². The predicted octanol–water partition coefficient (Wildman–Crippen LogP) is 4.25. The van der Waals surface area contributed by atoms with Gasteiger partial charge in [-0.2, -0.15) is 5.10 Å². The number of likely N-dealkylation sites (tertiary alicyclic amines) is 1. The molecule has 170 valence electrons. The summed E-state index contributed by atoms with van der Waals surface area (Å²) in [6.07, 6.45) is 2.59. The molecule has 2 aromatic carbocycles. The Morgan fingerprint density at radius 1 is 1.12 bits per heavy atom. The van der Waals surface area contributed by atoms with Gasteiger partial charge in [-0.05, 0) is 50.0 Å². The van der Waals surface area contributed by atoms with Gasteiger partial charge in [0, 0.05) is 23.6 Å². The molecular formula is C25H30FN3O3. The second-order valence-corrected chi connectivity index (χ2v) is 8.55. The van der Waals surface area contributed by atoms with Crippen molar-refractivity contribution in [2.45, 2.75) is 32.2 Å². The third-order valence-electron chi connectivity index (χ3n) is 6.39. The first-order chi connectivity index (χ1) is 15.5. The highest BCUT2D eigenvalue weighted by atomic mass is 19.1. The number of amides is 1. The van der Waals surface area contributed by atoms with Crippen LogP contribution in [0.4, 0.5) is 4.39 Å². The van der Waals surface area contributed by atoms with E-state index in [1.54, 1.807) is 38.5 Å². The molecule has 1 atom stereocenters. The number of halogens is 1. The minimum atomic E-state index is -0.373. The Balaban J connectivity index is 1.65. The highest BCUT2D eigenvalue weighted by molar-refractivity contribution is 6.03. The van der Waals surface area contributed by atoms with Crippen LogP contribution in [0.25, 0.3) is 0 Å². The lowest BCUT2D eigenvalue weighted by Crippen LogP contribution is -2.41. The van der Waals surface area contributed by atoms with Crippen molar-refractivity contribution in [3.8, 4) is 11.5 Å². The molecule has 0 spiro atoms. The van der Waals surface area contributed by atoms with E-state index in [4.69, 9.17) is 9.47 Å². The van der Waals surface area contributed by atoms with Crippen molar-refractivity contribution < 1.29 is 18.7 Å². The molecule has 2 heterocycles. The fourth-order valence-electron chi connectivity index (χ4n) is 4.42. The normalized spacial score (nSPS) is 19.7. The Kier molecular flexibility index (Phi) is 6.74. The third-order valence-corrected chi connectivity index (χ3v) is 6.39. The predicted molar refractivity (Wildman–Crippen MR) is 122 cm³/mol. The monoisotopic (exact) mass is 439 g/mol.